The topological polar surface area (TPSA) is 98.1 Å². The first-order valence-corrected chi connectivity index (χ1v) is 4.95. The molecule has 7 heteroatoms. The zero-order chi connectivity index (χ0) is 11.0. The lowest BCUT2D eigenvalue weighted by Crippen LogP contribution is -2.27. The van der Waals surface area contributed by atoms with Crippen LogP contribution in [-0.2, 0) is 4.79 Å². The third-order valence-corrected chi connectivity index (χ3v) is 2.60. The molecule has 15 heavy (non-hydrogen) atoms. The van der Waals surface area contributed by atoms with Crippen molar-refractivity contribution in [2.24, 2.45) is 0 Å². The molecule has 0 bridgehead atoms. The van der Waals surface area contributed by atoms with Crippen molar-refractivity contribution in [3.63, 3.8) is 0 Å². The minimum Gasteiger partial charge on any atom is -0.393 e. The smallest absolute Gasteiger partial charge is 0.229 e. The summed E-state index contributed by atoms with van der Waals surface area (Å²) < 4.78 is 0. The fraction of sp³-hybridized carbons (Fsp3) is 0.375. The lowest BCUT2D eigenvalue weighted by Gasteiger charge is -2.16. The zero-order valence-electron chi connectivity index (χ0n) is 7.92. The van der Waals surface area contributed by atoms with Gasteiger partial charge < -0.3 is 11.5 Å². The van der Waals surface area contributed by atoms with Crippen LogP contribution in [-0.4, -0.2) is 27.7 Å². The van der Waals surface area contributed by atoms with Gasteiger partial charge in [0.1, 0.15) is 12.0 Å². The predicted molar refractivity (Wildman–Crippen MR) is 60.6 cm³/mol. The van der Waals surface area contributed by atoms with Crippen LogP contribution in [0.4, 0.5) is 17.3 Å². The molecule has 1 atom stereocenters. The second-order valence-corrected chi connectivity index (χ2v) is 4.09. The first-order chi connectivity index (χ1) is 7.09. The Morgan fingerprint density at radius 1 is 1.47 bits per heavy atom. The van der Waals surface area contributed by atoms with E-state index in [1.54, 1.807) is 0 Å². The van der Waals surface area contributed by atoms with E-state index in [0.29, 0.717) is 18.8 Å². The molecule has 2 rings (SSSR count). The third-order valence-electron chi connectivity index (χ3n) is 2.25. The van der Waals surface area contributed by atoms with Gasteiger partial charge in [-0.25, -0.2) is 9.97 Å². The quantitative estimate of drug-likeness (QED) is 0.569. The summed E-state index contributed by atoms with van der Waals surface area (Å²) in [4.78, 5) is 20.8. The van der Waals surface area contributed by atoms with Crippen LogP contribution in [0.3, 0.4) is 0 Å². The fourth-order valence-corrected chi connectivity index (χ4v) is 1.83. The number of hydrogen-bond acceptors (Lipinski definition) is 6. The Labute approximate surface area is 92.1 Å². The fourth-order valence-electron chi connectivity index (χ4n) is 1.51. The maximum atomic E-state index is 11.6. The lowest BCUT2D eigenvalue weighted by atomic mass is 10.4. The molecule has 1 aliphatic rings. The van der Waals surface area contributed by atoms with Crippen LogP contribution in [0.25, 0.3) is 0 Å². The van der Waals surface area contributed by atoms with Gasteiger partial charge in [-0.1, -0.05) is 0 Å². The Hall–Kier alpha value is -1.50. The number of aromatic nitrogens is 2. The third kappa shape index (κ3) is 1.70. The van der Waals surface area contributed by atoms with Gasteiger partial charge in [0.15, 0.2) is 11.6 Å². The minimum absolute atomic E-state index is 0.0214. The van der Waals surface area contributed by atoms with Crippen molar-refractivity contribution in [3.8, 4) is 0 Å². The van der Waals surface area contributed by atoms with E-state index in [1.165, 1.54) is 11.2 Å². The van der Waals surface area contributed by atoms with Crippen molar-refractivity contribution < 1.29 is 4.79 Å². The summed E-state index contributed by atoms with van der Waals surface area (Å²) in [6, 6.07) is 0. The Morgan fingerprint density at radius 3 is 2.80 bits per heavy atom. The highest BCUT2D eigenvalue weighted by atomic mass is 32.1. The van der Waals surface area contributed by atoms with Gasteiger partial charge in [-0.05, 0) is 0 Å². The summed E-state index contributed by atoms with van der Waals surface area (Å²) in [7, 11) is 0. The minimum atomic E-state index is -0.0419. The molecule has 1 unspecified atom stereocenters. The predicted octanol–water partition coefficient (Wildman–Crippen LogP) is -0.324. The van der Waals surface area contributed by atoms with Gasteiger partial charge in [-0.15, -0.1) is 0 Å². The molecule has 0 spiro atoms. The van der Waals surface area contributed by atoms with E-state index in [-0.39, 0.29) is 22.7 Å². The summed E-state index contributed by atoms with van der Waals surface area (Å²) in [5, 5.41) is 0.0214. The maximum Gasteiger partial charge on any atom is 0.229 e. The second-order valence-electron chi connectivity index (χ2n) is 3.36. The highest BCUT2D eigenvalue weighted by Crippen LogP contribution is 2.28. The van der Waals surface area contributed by atoms with Crippen LogP contribution in [0.5, 0.6) is 0 Å². The first-order valence-electron chi connectivity index (χ1n) is 4.44. The lowest BCUT2D eigenvalue weighted by molar-refractivity contribution is -0.117. The van der Waals surface area contributed by atoms with Gasteiger partial charge in [0, 0.05) is 18.2 Å². The number of hydrogen-bond donors (Lipinski definition) is 3. The molecule has 0 aliphatic carbocycles. The van der Waals surface area contributed by atoms with E-state index in [9.17, 15) is 4.79 Å². The van der Waals surface area contributed by atoms with Gasteiger partial charge >= 0.3 is 0 Å². The largest absolute Gasteiger partial charge is 0.393 e. The summed E-state index contributed by atoms with van der Waals surface area (Å²) in [5.41, 5.74) is 11.5. The van der Waals surface area contributed by atoms with Crippen LogP contribution >= 0.6 is 12.6 Å². The average molecular weight is 225 g/mol. The van der Waals surface area contributed by atoms with Gasteiger partial charge in [0.25, 0.3) is 0 Å². The Morgan fingerprint density at radius 2 is 2.20 bits per heavy atom. The monoisotopic (exact) mass is 225 g/mol. The average Bonchev–Trinajstić information content (AvgIpc) is 2.50. The number of nitrogens with two attached hydrogens (primary N) is 2. The Kier molecular flexibility index (Phi) is 2.39. The van der Waals surface area contributed by atoms with Crippen molar-refractivity contribution in [1.29, 1.82) is 0 Å². The number of nitrogens with zero attached hydrogens (tertiary/aromatic N) is 3. The van der Waals surface area contributed by atoms with Crippen molar-refractivity contribution in [2.45, 2.75) is 11.7 Å². The van der Waals surface area contributed by atoms with Gasteiger partial charge in [0.2, 0.25) is 5.91 Å². The van der Waals surface area contributed by atoms with E-state index < -0.39 is 0 Å². The number of thiol groups is 1. The highest BCUT2D eigenvalue weighted by Gasteiger charge is 2.30. The van der Waals surface area contributed by atoms with Crippen LogP contribution in [0.1, 0.15) is 6.42 Å². The number of rotatable bonds is 1. The van der Waals surface area contributed by atoms with Crippen molar-refractivity contribution in [1.82, 2.24) is 9.97 Å². The van der Waals surface area contributed by atoms with Crippen LogP contribution in [0.15, 0.2) is 6.33 Å². The number of nitrogen functional groups attached to an aromatic ring is 2. The molecule has 1 aliphatic heterocycles. The molecule has 1 fully saturated rings. The van der Waals surface area contributed by atoms with E-state index in [0.717, 1.165) is 0 Å². The maximum absolute atomic E-state index is 11.6. The molecule has 1 amide bonds. The SMILES string of the molecule is Nc1ncnc(N2CC(S)CC2=O)c1N. The van der Waals surface area contributed by atoms with Crippen molar-refractivity contribution in [2.75, 3.05) is 22.9 Å². The van der Waals surface area contributed by atoms with E-state index in [1.807, 2.05) is 0 Å². The molecule has 6 nitrogen and oxygen atoms in total. The summed E-state index contributed by atoms with van der Waals surface area (Å²) in [6.07, 6.45) is 1.69. The Bertz CT molecular complexity index is 410. The molecule has 1 aromatic heterocycles. The first kappa shape index (κ1) is 10.0. The standard InChI is InChI=1S/C8H11N5OS/c9-6-7(10)11-3-12-8(6)13-2-4(15)1-5(13)14/h3-4,15H,1-2,9H2,(H2,10,11,12). The van der Waals surface area contributed by atoms with E-state index >= 15 is 0 Å². The highest BCUT2D eigenvalue weighted by molar-refractivity contribution is 7.81. The van der Waals surface area contributed by atoms with Crippen LogP contribution < -0.4 is 16.4 Å². The molecule has 1 aromatic rings. The molecule has 80 valence electrons. The zero-order valence-corrected chi connectivity index (χ0v) is 8.82. The van der Waals surface area contributed by atoms with E-state index in [2.05, 4.69) is 22.6 Å². The van der Waals surface area contributed by atoms with Gasteiger partial charge in [-0.3, -0.25) is 9.69 Å². The molecular formula is C8H11N5OS. The summed E-state index contributed by atoms with van der Waals surface area (Å²) >= 11 is 4.24. The Balaban J connectivity index is 2.38. The van der Waals surface area contributed by atoms with E-state index in [4.69, 9.17) is 11.5 Å². The number of carbonyl (C=O) groups is 1. The molecule has 2 heterocycles. The molecule has 4 N–H and O–H groups in total. The van der Waals surface area contributed by atoms with Gasteiger partial charge in [-0.2, -0.15) is 12.6 Å². The van der Waals surface area contributed by atoms with Crippen molar-refractivity contribution in [3.05, 3.63) is 6.33 Å². The number of anilines is 3. The van der Waals surface area contributed by atoms with Crippen LogP contribution in [0, 0.1) is 0 Å². The molecule has 0 radical (unpaired) electrons. The van der Waals surface area contributed by atoms with Gasteiger partial charge in [0.05, 0.1) is 0 Å². The number of amides is 1. The molecular weight excluding hydrogens is 214 g/mol. The molecule has 0 saturated carbocycles. The molecule has 1 saturated heterocycles. The van der Waals surface area contributed by atoms with Crippen molar-refractivity contribution >= 4 is 35.9 Å². The normalized spacial score (nSPS) is 21.0. The van der Waals surface area contributed by atoms with Crippen LogP contribution in [0.2, 0.25) is 0 Å². The molecule has 0 aromatic carbocycles. The second kappa shape index (κ2) is 3.58. The summed E-state index contributed by atoms with van der Waals surface area (Å²) in [5.74, 6) is 0.527. The summed E-state index contributed by atoms with van der Waals surface area (Å²) in [6.45, 7) is 0.503. The number of carbonyl (C=O) groups excluding carboxylic acids is 1.